The van der Waals surface area contributed by atoms with E-state index in [-0.39, 0.29) is 0 Å². The number of halogens is 1. The highest BCUT2D eigenvalue weighted by Gasteiger charge is 2.18. The summed E-state index contributed by atoms with van der Waals surface area (Å²) < 4.78 is 10.9. The number of hydrogen-bond acceptors (Lipinski definition) is 2. The van der Waals surface area contributed by atoms with Gasteiger partial charge in [0.05, 0.1) is 25.9 Å². The smallest absolute Gasteiger partial charge is 0.0812 e. The molecule has 12 heavy (non-hydrogen) atoms. The predicted molar refractivity (Wildman–Crippen MR) is 52.8 cm³/mol. The molecule has 1 saturated heterocycles. The summed E-state index contributed by atoms with van der Waals surface area (Å²) in [5.74, 6) is 0.733. The zero-order valence-corrected chi connectivity index (χ0v) is 9.18. The molecule has 0 radical (unpaired) electrons. The third-order valence-corrected chi connectivity index (χ3v) is 3.19. The fraction of sp³-hybridized carbons (Fsp3) is 1.00. The van der Waals surface area contributed by atoms with E-state index in [0.717, 1.165) is 37.5 Å². The summed E-state index contributed by atoms with van der Waals surface area (Å²) in [7, 11) is 0. The summed E-state index contributed by atoms with van der Waals surface area (Å²) in [6, 6.07) is 0. The third-order valence-electron chi connectivity index (χ3n) is 2.28. The molecule has 1 fully saturated rings. The molecule has 1 aliphatic heterocycles. The van der Waals surface area contributed by atoms with Gasteiger partial charge in [-0.1, -0.05) is 29.3 Å². The predicted octanol–water partition coefficient (Wildman–Crippen LogP) is 2.21. The molecule has 1 aliphatic rings. The highest BCUT2D eigenvalue weighted by atomic mass is 79.9. The summed E-state index contributed by atoms with van der Waals surface area (Å²) >= 11 is 3.51. The van der Waals surface area contributed by atoms with E-state index in [1.807, 2.05) is 0 Å². The van der Waals surface area contributed by atoms with E-state index >= 15 is 0 Å². The second-order valence-corrected chi connectivity index (χ2v) is 3.88. The maximum absolute atomic E-state index is 5.57. The van der Waals surface area contributed by atoms with Crippen LogP contribution in [0.15, 0.2) is 0 Å². The zero-order valence-electron chi connectivity index (χ0n) is 7.59. The van der Waals surface area contributed by atoms with Crippen LogP contribution in [0.2, 0.25) is 0 Å². The fourth-order valence-corrected chi connectivity index (χ4v) is 2.11. The van der Waals surface area contributed by atoms with Crippen LogP contribution in [0.25, 0.3) is 0 Å². The van der Waals surface area contributed by atoms with Gasteiger partial charge in [-0.05, 0) is 12.3 Å². The molecular formula is C9H17BrO2. The van der Waals surface area contributed by atoms with Gasteiger partial charge in [-0.2, -0.15) is 0 Å². The molecule has 0 aromatic heterocycles. The van der Waals surface area contributed by atoms with Crippen molar-refractivity contribution in [3.63, 3.8) is 0 Å². The molecule has 0 amide bonds. The third kappa shape index (κ3) is 3.42. The summed E-state index contributed by atoms with van der Waals surface area (Å²) in [5.41, 5.74) is 0. The van der Waals surface area contributed by atoms with Gasteiger partial charge in [0.1, 0.15) is 0 Å². The average molecular weight is 237 g/mol. The van der Waals surface area contributed by atoms with Gasteiger partial charge in [-0.25, -0.2) is 0 Å². The molecule has 3 heteroatoms. The van der Waals surface area contributed by atoms with E-state index in [2.05, 4.69) is 22.9 Å². The Labute approximate surface area is 82.7 Å². The van der Waals surface area contributed by atoms with Gasteiger partial charge in [0, 0.05) is 5.33 Å². The monoisotopic (exact) mass is 236 g/mol. The summed E-state index contributed by atoms with van der Waals surface area (Å²) in [4.78, 5) is 0. The molecular weight excluding hydrogens is 220 g/mol. The van der Waals surface area contributed by atoms with Gasteiger partial charge in [0.15, 0.2) is 0 Å². The number of hydrogen-bond donors (Lipinski definition) is 0. The van der Waals surface area contributed by atoms with Crippen molar-refractivity contribution in [3.8, 4) is 0 Å². The van der Waals surface area contributed by atoms with Crippen LogP contribution < -0.4 is 0 Å². The molecule has 2 atom stereocenters. The highest BCUT2D eigenvalue weighted by Crippen LogP contribution is 2.17. The van der Waals surface area contributed by atoms with Crippen LogP contribution in [-0.4, -0.2) is 31.3 Å². The topological polar surface area (TPSA) is 18.5 Å². The standard InChI is InChI=1S/C9H17BrO2/c1-2-8(6-10)5-9-7-11-3-4-12-9/h8-9H,2-7H2,1H3. The molecule has 0 aromatic carbocycles. The first-order valence-electron chi connectivity index (χ1n) is 4.62. The highest BCUT2D eigenvalue weighted by molar-refractivity contribution is 9.09. The van der Waals surface area contributed by atoms with Crippen molar-refractivity contribution in [2.45, 2.75) is 25.9 Å². The minimum atomic E-state index is 0.334. The van der Waals surface area contributed by atoms with Crippen LogP contribution in [-0.2, 0) is 9.47 Å². The average Bonchev–Trinajstić information content (AvgIpc) is 2.16. The Morgan fingerprint density at radius 3 is 2.83 bits per heavy atom. The van der Waals surface area contributed by atoms with Crippen molar-refractivity contribution in [2.24, 2.45) is 5.92 Å². The Bertz CT molecular complexity index is 109. The minimum Gasteiger partial charge on any atom is -0.376 e. The lowest BCUT2D eigenvalue weighted by molar-refractivity contribution is -0.0949. The zero-order chi connectivity index (χ0) is 8.81. The Morgan fingerprint density at radius 1 is 1.50 bits per heavy atom. The largest absolute Gasteiger partial charge is 0.376 e. The van der Waals surface area contributed by atoms with Gasteiger partial charge in [0.2, 0.25) is 0 Å². The SMILES string of the molecule is CCC(CBr)CC1COCCO1. The Morgan fingerprint density at radius 2 is 2.33 bits per heavy atom. The van der Waals surface area contributed by atoms with Crippen molar-refractivity contribution in [3.05, 3.63) is 0 Å². The lowest BCUT2D eigenvalue weighted by atomic mass is 10.0. The van der Waals surface area contributed by atoms with Crippen LogP contribution in [0.4, 0.5) is 0 Å². The Balaban J connectivity index is 2.18. The molecule has 1 heterocycles. The maximum Gasteiger partial charge on any atom is 0.0812 e. The van der Waals surface area contributed by atoms with Crippen molar-refractivity contribution < 1.29 is 9.47 Å². The molecule has 72 valence electrons. The van der Waals surface area contributed by atoms with E-state index < -0.39 is 0 Å². The summed E-state index contributed by atoms with van der Waals surface area (Å²) in [6.45, 7) is 4.53. The molecule has 1 rings (SSSR count). The molecule has 0 aromatic rings. The summed E-state index contributed by atoms with van der Waals surface area (Å²) in [6.07, 6.45) is 2.67. The van der Waals surface area contributed by atoms with E-state index in [9.17, 15) is 0 Å². The normalized spacial score (nSPS) is 27.0. The van der Waals surface area contributed by atoms with E-state index in [4.69, 9.17) is 9.47 Å². The molecule has 0 N–H and O–H groups in total. The molecule has 0 bridgehead atoms. The maximum atomic E-state index is 5.57. The number of ether oxygens (including phenoxy) is 2. The van der Waals surface area contributed by atoms with Crippen LogP contribution in [0.5, 0.6) is 0 Å². The van der Waals surface area contributed by atoms with Gasteiger partial charge >= 0.3 is 0 Å². The first-order valence-corrected chi connectivity index (χ1v) is 5.74. The molecule has 0 saturated carbocycles. The molecule has 0 spiro atoms. The van der Waals surface area contributed by atoms with Crippen LogP contribution in [0.1, 0.15) is 19.8 Å². The summed E-state index contributed by atoms with van der Waals surface area (Å²) in [5, 5.41) is 1.07. The van der Waals surface area contributed by atoms with Gasteiger partial charge in [-0.15, -0.1) is 0 Å². The lowest BCUT2D eigenvalue weighted by Gasteiger charge is -2.25. The van der Waals surface area contributed by atoms with Crippen LogP contribution in [0, 0.1) is 5.92 Å². The Hall–Kier alpha value is 0.400. The minimum absolute atomic E-state index is 0.334. The van der Waals surface area contributed by atoms with Crippen LogP contribution in [0.3, 0.4) is 0 Å². The van der Waals surface area contributed by atoms with Crippen molar-refractivity contribution in [1.82, 2.24) is 0 Å². The Kier molecular flexibility index (Phi) is 5.19. The molecule has 0 aliphatic carbocycles. The van der Waals surface area contributed by atoms with Crippen molar-refractivity contribution in [1.29, 1.82) is 0 Å². The first kappa shape index (κ1) is 10.5. The van der Waals surface area contributed by atoms with Gasteiger partial charge in [-0.3, -0.25) is 0 Å². The second kappa shape index (κ2) is 5.95. The first-order chi connectivity index (χ1) is 5.86. The molecule has 2 unspecified atom stereocenters. The molecule has 2 nitrogen and oxygen atoms in total. The fourth-order valence-electron chi connectivity index (χ4n) is 1.38. The van der Waals surface area contributed by atoms with Crippen LogP contribution >= 0.6 is 15.9 Å². The lowest BCUT2D eigenvalue weighted by Crippen LogP contribution is -2.30. The van der Waals surface area contributed by atoms with Gasteiger partial charge < -0.3 is 9.47 Å². The van der Waals surface area contributed by atoms with E-state index in [1.54, 1.807) is 0 Å². The number of alkyl halides is 1. The van der Waals surface area contributed by atoms with E-state index in [1.165, 1.54) is 6.42 Å². The quantitative estimate of drug-likeness (QED) is 0.698. The van der Waals surface area contributed by atoms with E-state index in [0.29, 0.717) is 6.10 Å². The van der Waals surface area contributed by atoms with Crippen molar-refractivity contribution in [2.75, 3.05) is 25.2 Å². The number of rotatable bonds is 4. The second-order valence-electron chi connectivity index (χ2n) is 3.23. The van der Waals surface area contributed by atoms with Crippen molar-refractivity contribution >= 4 is 15.9 Å². The van der Waals surface area contributed by atoms with Gasteiger partial charge in [0.25, 0.3) is 0 Å².